The summed E-state index contributed by atoms with van der Waals surface area (Å²) in [5.74, 6) is -0.382. The van der Waals surface area contributed by atoms with Gasteiger partial charge in [0.05, 0.1) is 17.6 Å². The topological polar surface area (TPSA) is 57.0 Å². The van der Waals surface area contributed by atoms with Crippen LogP contribution in [0.3, 0.4) is 0 Å². The third kappa shape index (κ3) is 2.10. The Hall–Kier alpha value is -2.21. The Morgan fingerprint density at radius 3 is 3.11 bits per heavy atom. The predicted octanol–water partition coefficient (Wildman–Crippen LogP) is 2.66. The number of carbonyl (C=O) groups excluding carboxylic acids is 1. The molecule has 0 radical (unpaired) electrons. The minimum absolute atomic E-state index is 0.344. The molecule has 3 rings (SSSR count). The number of fused-ring (bicyclic) bond motifs is 1. The van der Waals surface area contributed by atoms with Crippen LogP contribution in [-0.4, -0.2) is 27.1 Å². The number of hydrogen-bond donors (Lipinski definition) is 0. The van der Waals surface area contributed by atoms with Crippen LogP contribution in [0.2, 0.25) is 0 Å². The van der Waals surface area contributed by atoms with Crippen molar-refractivity contribution in [2.24, 2.45) is 0 Å². The van der Waals surface area contributed by atoms with Crippen molar-refractivity contribution in [3.63, 3.8) is 0 Å². The zero-order valence-corrected chi connectivity index (χ0v) is 11.1. The van der Waals surface area contributed by atoms with Gasteiger partial charge in [-0.2, -0.15) is 0 Å². The Morgan fingerprint density at radius 2 is 2.37 bits per heavy atom. The molecule has 0 saturated carbocycles. The van der Waals surface area contributed by atoms with Crippen molar-refractivity contribution < 1.29 is 9.53 Å². The van der Waals surface area contributed by atoms with E-state index in [9.17, 15) is 4.79 Å². The SMILES string of the molecule is CCOC(=O)c1nccc2cc(-n3ccnc3)sc12. The zero-order chi connectivity index (χ0) is 13.2. The molecule has 0 aromatic carbocycles. The molecule has 0 unspecified atom stereocenters. The second-order valence-electron chi connectivity index (χ2n) is 3.85. The lowest BCUT2D eigenvalue weighted by atomic mass is 10.2. The molecular weight excluding hydrogens is 262 g/mol. The van der Waals surface area contributed by atoms with Gasteiger partial charge < -0.3 is 4.74 Å². The largest absolute Gasteiger partial charge is 0.461 e. The molecule has 0 fully saturated rings. The average molecular weight is 273 g/mol. The van der Waals surface area contributed by atoms with Gasteiger partial charge in [-0.3, -0.25) is 4.57 Å². The molecule has 0 bridgehead atoms. The van der Waals surface area contributed by atoms with E-state index in [1.54, 1.807) is 25.6 Å². The van der Waals surface area contributed by atoms with Crippen LogP contribution in [0.25, 0.3) is 15.1 Å². The zero-order valence-electron chi connectivity index (χ0n) is 10.2. The van der Waals surface area contributed by atoms with Crippen molar-refractivity contribution in [1.82, 2.24) is 14.5 Å². The number of carbonyl (C=O) groups is 1. The van der Waals surface area contributed by atoms with E-state index < -0.39 is 0 Å². The number of rotatable bonds is 3. The summed E-state index contributed by atoms with van der Waals surface area (Å²) in [5, 5.41) is 1.97. The molecule has 0 aliphatic heterocycles. The summed E-state index contributed by atoms with van der Waals surface area (Å²) < 4.78 is 7.76. The molecule has 6 heteroatoms. The first kappa shape index (κ1) is 11.9. The van der Waals surface area contributed by atoms with Crippen LogP contribution in [0.5, 0.6) is 0 Å². The molecule has 0 saturated heterocycles. The van der Waals surface area contributed by atoms with E-state index in [-0.39, 0.29) is 5.97 Å². The highest BCUT2D eigenvalue weighted by Gasteiger charge is 2.15. The maximum Gasteiger partial charge on any atom is 0.358 e. The number of pyridine rings is 1. The van der Waals surface area contributed by atoms with Crippen LogP contribution < -0.4 is 0 Å². The van der Waals surface area contributed by atoms with E-state index in [0.717, 1.165) is 15.1 Å². The fourth-order valence-electron chi connectivity index (χ4n) is 1.81. The molecule has 0 amide bonds. The summed E-state index contributed by atoms with van der Waals surface area (Å²) >= 11 is 1.50. The molecule has 3 heterocycles. The third-order valence-electron chi connectivity index (χ3n) is 2.65. The van der Waals surface area contributed by atoms with Crippen molar-refractivity contribution in [2.75, 3.05) is 6.61 Å². The summed E-state index contributed by atoms with van der Waals surface area (Å²) in [7, 11) is 0. The highest BCUT2D eigenvalue weighted by molar-refractivity contribution is 7.21. The Morgan fingerprint density at radius 1 is 1.47 bits per heavy atom. The second-order valence-corrected chi connectivity index (χ2v) is 4.88. The molecule has 0 atom stereocenters. The van der Waals surface area contributed by atoms with Gasteiger partial charge in [-0.25, -0.2) is 14.8 Å². The van der Waals surface area contributed by atoms with Crippen LogP contribution >= 0.6 is 11.3 Å². The van der Waals surface area contributed by atoms with Gasteiger partial charge in [-0.1, -0.05) is 0 Å². The van der Waals surface area contributed by atoms with Crippen LogP contribution in [-0.2, 0) is 4.74 Å². The molecule has 0 aliphatic carbocycles. The summed E-state index contributed by atoms with van der Waals surface area (Å²) in [5.41, 5.74) is 0.371. The Bertz CT molecular complexity index is 719. The summed E-state index contributed by atoms with van der Waals surface area (Å²) in [4.78, 5) is 20.0. The first-order chi connectivity index (χ1) is 9.29. The Balaban J connectivity index is 2.12. The van der Waals surface area contributed by atoms with Crippen LogP contribution in [0.4, 0.5) is 0 Å². The normalized spacial score (nSPS) is 10.8. The van der Waals surface area contributed by atoms with Gasteiger partial charge >= 0.3 is 5.97 Å². The van der Waals surface area contributed by atoms with Crippen LogP contribution in [0.15, 0.2) is 37.1 Å². The summed E-state index contributed by atoms with van der Waals surface area (Å²) in [6, 6.07) is 3.89. The van der Waals surface area contributed by atoms with Crippen molar-refractivity contribution in [2.45, 2.75) is 6.92 Å². The summed E-state index contributed by atoms with van der Waals surface area (Å²) in [6.45, 7) is 2.13. The quantitative estimate of drug-likeness (QED) is 0.688. The number of hydrogen-bond acceptors (Lipinski definition) is 5. The van der Waals surface area contributed by atoms with Gasteiger partial charge in [0.1, 0.15) is 5.00 Å². The maximum absolute atomic E-state index is 11.9. The number of imidazole rings is 1. The number of thiophene rings is 1. The lowest BCUT2D eigenvalue weighted by Gasteiger charge is -2.01. The third-order valence-corrected chi connectivity index (χ3v) is 3.82. The van der Waals surface area contributed by atoms with Gasteiger partial charge in [0.15, 0.2) is 5.69 Å². The van der Waals surface area contributed by atoms with E-state index in [0.29, 0.717) is 12.3 Å². The van der Waals surface area contributed by atoms with Gasteiger partial charge in [0.2, 0.25) is 0 Å². The molecular formula is C13H11N3O2S. The van der Waals surface area contributed by atoms with Crippen molar-refractivity contribution in [3.8, 4) is 5.00 Å². The van der Waals surface area contributed by atoms with Crippen molar-refractivity contribution >= 4 is 27.4 Å². The highest BCUT2D eigenvalue weighted by Crippen LogP contribution is 2.30. The number of ether oxygens (including phenoxy) is 1. The van der Waals surface area contributed by atoms with E-state index in [1.807, 2.05) is 22.9 Å². The first-order valence-corrected chi connectivity index (χ1v) is 6.65. The van der Waals surface area contributed by atoms with Gasteiger partial charge in [0, 0.05) is 18.6 Å². The minimum Gasteiger partial charge on any atom is -0.461 e. The minimum atomic E-state index is -0.382. The summed E-state index contributed by atoms with van der Waals surface area (Å²) in [6.07, 6.45) is 6.93. The van der Waals surface area contributed by atoms with E-state index in [2.05, 4.69) is 9.97 Å². The standard InChI is InChI=1S/C13H11N3O2S/c1-2-18-13(17)11-12-9(3-4-15-11)7-10(19-12)16-6-5-14-8-16/h3-8H,2H2,1H3. The predicted molar refractivity (Wildman–Crippen MR) is 72.7 cm³/mol. The maximum atomic E-state index is 11.9. The molecule has 0 spiro atoms. The number of nitrogens with zero attached hydrogens (tertiary/aromatic N) is 3. The Kier molecular flexibility index (Phi) is 3.00. The molecule has 0 N–H and O–H groups in total. The van der Waals surface area contributed by atoms with Gasteiger partial charge in [-0.15, -0.1) is 11.3 Å². The molecule has 5 nitrogen and oxygen atoms in total. The average Bonchev–Trinajstić information content (AvgIpc) is 3.06. The second kappa shape index (κ2) is 4.81. The van der Waals surface area contributed by atoms with Crippen LogP contribution in [0.1, 0.15) is 17.4 Å². The fourth-order valence-corrected chi connectivity index (χ4v) is 2.90. The molecule has 3 aromatic rings. The van der Waals surface area contributed by atoms with Crippen molar-refractivity contribution in [1.29, 1.82) is 0 Å². The number of esters is 1. The van der Waals surface area contributed by atoms with E-state index >= 15 is 0 Å². The monoisotopic (exact) mass is 273 g/mol. The fraction of sp³-hybridized carbons (Fsp3) is 0.154. The van der Waals surface area contributed by atoms with E-state index in [1.165, 1.54) is 11.3 Å². The van der Waals surface area contributed by atoms with Crippen LogP contribution in [0, 0.1) is 0 Å². The highest BCUT2D eigenvalue weighted by atomic mass is 32.1. The van der Waals surface area contributed by atoms with E-state index in [4.69, 9.17) is 4.74 Å². The lowest BCUT2D eigenvalue weighted by molar-refractivity contribution is 0.0522. The molecule has 0 aliphatic rings. The van der Waals surface area contributed by atoms with Gasteiger partial charge in [0.25, 0.3) is 0 Å². The lowest BCUT2D eigenvalue weighted by Crippen LogP contribution is -2.06. The van der Waals surface area contributed by atoms with Gasteiger partial charge in [-0.05, 0) is 24.4 Å². The molecule has 96 valence electrons. The van der Waals surface area contributed by atoms with Crippen molar-refractivity contribution in [3.05, 3.63) is 42.7 Å². The first-order valence-electron chi connectivity index (χ1n) is 5.83. The molecule has 3 aromatic heterocycles. The smallest absolute Gasteiger partial charge is 0.358 e. The molecule has 19 heavy (non-hydrogen) atoms. The Labute approximate surface area is 113 Å². The number of aromatic nitrogens is 3.